The number of aliphatic hydroxyl groups excluding tert-OH is 1. The van der Waals surface area contributed by atoms with E-state index < -0.39 is 66.2 Å². The summed E-state index contributed by atoms with van der Waals surface area (Å²) in [6.07, 6.45) is 3.30. The summed E-state index contributed by atoms with van der Waals surface area (Å²) in [4.78, 5) is 45.3. The minimum absolute atomic E-state index is 0. The van der Waals surface area contributed by atoms with Crippen LogP contribution in [0.3, 0.4) is 0 Å². The molecule has 0 heterocycles. The van der Waals surface area contributed by atoms with Crippen LogP contribution in [0.5, 0.6) is 0 Å². The smallest absolute Gasteiger partial charge is 0.265 e. The second-order valence-electron chi connectivity index (χ2n) is 10.4. The quantitative estimate of drug-likeness (QED) is 0.433. The van der Waals surface area contributed by atoms with Gasteiger partial charge in [-0.2, -0.15) is 0 Å². The molecule has 7 N–H and O–H groups in total. The van der Waals surface area contributed by atoms with Crippen molar-refractivity contribution in [3.8, 4) is 0 Å². The number of ketones is 2. The molecule has 0 aromatic rings. The molecule has 4 rings (SSSR count). The maximum atomic E-state index is 17.1. The number of phosphoric acid groups is 1. The van der Waals surface area contributed by atoms with Crippen molar-refractivity contribution in [2.24, 2.45) is 28.6 Å². The fraction of sp³-hybridized carbons (Fsp3) is 0.727. The van der Waals surface area contributed by atoms with Gasteiger partial charge < -0.3 is 30.7 Å². The van der Waals surface area contributed by atoms with E-state index in [1.165, 1.54) is 18.2 Å². The molecule has 0 bridgehead atoms. The van der Waals surface area contributed by atoms with E-state index in [1.54, 1.807) is 20.8 Å². The van der Waals surface area contributed by atoms with Crippen LogP contribution < -0.4 is 11.0 Å². The lowest BCUT2D eigenvalue weighted by Crippen LogP contribution is -2.74. The Bertz CT molecular complexity index is 979. The lowest BCUT2D eigenvalue weighted by atomic mass is 9.40. The summed E-state index contributed by atoms with van der Waals surface area (Å²) >= 11 is 0. The van der Waals surface area contributed by atoms with Crippen LogP contribution in [0, 0.1) is 28.6 Å². The van der Waals surface area contributed by atoms with Gasteiger partial charge in [0.15, 0.2) is 22.8 Å². The van der Waals surface area contributed by atoms with E-state index in [9.17, 15) is 29.3 Å². The van der Waals surface area contributed by atoms with Crippen LogP contribution in [0.15, 0.2) is 23.8 Å². The number of aliphatic hydroxyl groups is 2. The van der Waals surface area contributed by atoms with E-state index in [1.807, 2.05) is 0 Å². The Morgan fingerprint density at radius 1 is 1.30 bits per heavy atom. The molecule has 9 nitrogen and oxygen atoms in total. The van der Waals surface area contributed by atoms with E-state index >= 15 is 4.39 Å². The van der Waals surface area contributed by atoms with Crippen molar-refractivity contribution >= 4 is 19.4 Å². The number of hydrogen-bond acceptors (Lipinski definition) is 7. The van der Waals surface area contributed by atoms with Crippen LogP contribution in [0.1, 0.15) is 46.5 Å². The third-order valence-corrected chi connectivity index (χ3v) is 9.33. The number of allylic oxidation sites excluding steroid dienone is 4. The summed E-state index contributed by atoms with van der Waals surface area (Å²) in [6.45, 7) is 3.79. The highest BCUT2D eigenvalue weighted by molar-refractivity contribution is 7.44. The number of rotatable bonds is 3. The second-order valence-corrected chi connectivity index (χ2v) is 11.6. The number of fused-ring (bicyclic) bond motifs is 5. The largest absolute Gasteiger partial charge is 0.756 e. The van der Waals surface area contributed by atoms with Crippen molar-refractivity contribution in [2.75, 3.05) is 6.61 Å². The number of carbonyl (C=O) groups is 2. The van der Waals surface area contributed by atoms with Crippen molar-refractivity contribution < 1.29 is 43.1 Å². The predicted octanol–water partition coefficient (Wildman–Crippen LogP) is 1.76. The van der Waals surface area contributed by atoms with Gasteiger partial charge >= 0.3 is 0 Å². The summed E-state index contributed by atoms with van der Waals surface area (Å²) in [7, 11) is -5.24. The lowest BCUT2D eigenvalue weighted by molar-refractivity contribution is -0.261. The maximum Gasteiger partial charge on any atom is 0.265 e. The Labute approximate surface area is 191 Å². The highest BCUT2D eigenvalue weighted by atomic mass is 31.2. The molecule has 9 atom stereocenters. The summed E-state index contributed by atoms with van der Waals surface area (Å²) in [5, 5.41) is 22.7. The van der Waals surface area contributed by atoms with Gasteiger partial charge in [-0.1, -0.05) is 25.5 Å². The molecule has 3 fully saturated rings. The average Bonchev–Trinajstić information content (AvgIpc) is 2.69. The van der Waals surface area contributed by atoms with Crippen LogP contribution in [0.2, 0.25) is 0 Å². The van der Waals surface area contributed by atoms with Crippen LogP contribution in [0.4, 0.5) is 4.39 Å². The fourth-order valence-corrected chi connectivity index (χ4v) is 7.41. The number of carbonyl (C=O) groups excluding carboxylic acids is 2. The number of alkyl halides is 1. The van der Waals surface area contributed by atoms with Gasteiger partial charge in [-0.05, 0) is 50.7 Å². The molecule has 1 unspecified atom stereocenters. The zero-order chi connectivity index (χ0) is 23.9. The monoisotopic (exact) mass is 489 g/mol. The molecule has 0 aromatic heterocycles. The summed E-state index contributed by atoms with van der Waals surface area (Å²) in [5.74, 6) is -2.94. The van der Waals surface area contributed by atoms with Crippen LogP contribution in [-0.2, 0) is 18.7 Å². The third-order valence-electron chi connectivity index (χ3n) is 8.88. The third kappa shape index (κ3) is 3.45. The van der Waals surface area contributed by atoms with Crippen LogP contribution in [-0.4, -0.2) is 50.7 Å². The number of halogens is 1. The molecule has 0 radical (unpaired) electrons. The van der Waals surface area contributed by atoms with Crippen molar-refractivity contribution in [1.29, 1.82) is 0 Å². The van der Waals surface area contributed by atoms with Crippen molar-refractivity contribution in [2.45, 2.75) is 63.8 Å². The summed E-state index contributed by atoms with van der Waals surface area (Å²) < 4.78 is 32.8. The molecule has 33 heavy (non-hydrogen) atoms. The average molecular weight is 489 g/mol. The molecule has 4 aliphatic carbocycles. The first-order valence-corrected chi connectivity index (χ1v) is 12.4. The number of Topliss-reactive ketones (excluding diaryl/α,β-unsaturated/α-hetero) is 1. The number of quaternary nitrogens is 1. The molecular weight excluding hydrogens is 456 g/mol. The SMILES string of the molecule is C[C@H]1C[C@H]2[C@@H]3CCC4=CC(=O)C=C[C@]4(C)[C@@]3(F)[C@@H](O)C[C@]2(C)[C@@](O)(COP(=O)([O-])O)C1=O.[NH4+]. The predicted molar refractivity (Wildman–Crippen MR) is 115 cm³/mol. The van der Waals surface area contributed by atoms with Gasteiger partial charge in [-0.3, -0.25) is 14.2 Å². The van der Waals surface area contributed by atoms with Crippen molar-refractivity contribution in [3.63, 3.8) is 0 Å². The Kier molecular flexibility index (Phi) is 6.29. The zero-order valence-corrected chi connectivity index (χ0v) is 20.2. The summed E-state index contributed by atoms with van der Waals surface area (Å²) in [6, 6.07) is 0. The van der Waals surface area contributed by atoms with Gasteiger partial charge in [0.2, 0.25) is 0 Å². The fourth-order valence-electron chi connectivity index (χ4n) is 7.06. The first-order chi connectivity index (χ1) is 14.6. The van der Waals surface area contributed by atoms with Gasteiger partial charge in [0, 0.05) is 22.7 Å². The molecule has 186 valence electrons. The minimum Gasteiger partial charge on any atom is -0.756 e. The Hall–Kier alpha value is -1.26. The van der Waals surface area contributed by atoms with Crippen LogP contribution >= 0.6 is 7.82 Å². The van der Waals surface area contributed by atoms with Gasteiger partial charge in [-0.15, -0.1) is 0 Å². The van der Waals surface area contributed by atoms with Gasteiger partial charge in [-0.25, -0.2) is 4.39 Å². The van der Waals surface area contributed by atoms with E-state index in [0.29, 0.717) is 18.4 Å². The van der Waals surface area contributed by atoms with E-state index in [4.69, 9.17) is 4.89 Å². The van der Waals surface area contributed by atoms with Gasteiger partial charge in [0.25, 0.3) is 7.82 Å². The molecular formula is C22H33FNO8P. The van der Waals surface area contributed by atoms with Gasteiger partial charge in [0.1, 0.15) is 0 Å². The Balaban J connectivity index is 0.00000306. The molecule has 11 heteroatoms. The van der Waals surface area contributed by atoms with E-state index in [2.05, 4.69) is 4.52 Å². The summed E-state index contributed by atoms with van der Waals surface area (Å²) in [5.41, 5.74) is -6.49. The Morgan fingerprint density at radius 3 is 2.55 bits per heavy atom. The molecule has 0 aromatic carbocycles. The first kappa shape index (κ1) is 26.3. The minimum atomic E-state index is -5.24. The van der Waals surface area contributed by atoms with Crippen molar-refractivity contribution in [1.82, 2.24) is 6.15 Å². The molecule has 0 spiro atoms. The highest BCUT2D eigenvalue weighted by Crippen LogP contribution is 2.68. The van der Waals surface area contributed by atoms with Crippen molar-refractivity contribution in [3.05, 3.63) is 23.8 Å². The highest BCUT2D eigenvalue weighted by Gasteiger charge is 2.74. The molecule has 4 aliphatic rings. The Morgan fingerprint density at radius 2 is 1.94 bits per heavy atom. The van der Waals surface area contributed by atoms with Crippen LogP contribution in [0.25, 0.3) is 0 Å². The first-order valence-electron chi connectivity index (χ1n) is 10.9. The van der Waals surface area contributed by atoms with E-state index in [-0.39, 0.29) is 24.8 Å². The molecule has 0 amide bonds. The van der Waals surface area contributed by atoms with Gasteiger partial charge in [0.05, 0.1) is 12.7 Å². The number of hydrogen-bond donors (Lipinski definition) is 4. The lowest BCUT2D eigenvalue weighted by Gasteiger charge is -2.66. The molecule has 0 aliphatic heterocycles. The molecule has 3 saturated carbocycles. The normalized spacial score (nSPS) is 48.5. The number of phosphoric ester groups is 1. The van der Waals surface area contributed by atoms with E-state index in [0.717, 1.165) is 0 Å². The zero-order valence-electron chi connectivity index (χ0n) is 19.3. The molecule has 0 saturated heterocycles. The standard InChI is InChI=1S/C22H30FO8P.H3N/c1-12-8-16-15-5-4-13-9-14(24)6-7-19(13,2)22(15,23)17(25)10-20(16,3)21(27,18(12)26)11-31-32(28,29)30;/h6-7,9,12,15-17,25,27H,4-5,8,10-11H2,1-3H3,(H2,28,29,30);1H3/t12-,15-,16-,17-,19-,20-,21+,22-;/m0./s1. The second kappa shape index (κ2) is 7.88. The topological polar surface area (TPSA) is 181 Å². The maximum absolute atomic E-state index is 17.1.